The van der Waals surface area contributed by atoms with Gasteiger partial charge in [0.2, 0.25) is 0 Å². The number of likely N-dealkylation sites (N-methyl/N-ethyl adjacent to an activating group) is 1. The summed E-state index contributed by atoms with van der Waals surface area (Å²) in [6, 6.07) is 17.8. The summed E-state index contributed by atoms with van der Waals surface area (Å²) in [5, 5.41) is 9.96. The Labute approximate surface area is 172 Å². The summed E-state index contributed by atoms with van der Waals surface area (Å²) >= 11 is 0. The third-order valence-electron chi connectivity index (χ3n) is 5.65. The van der Waals surface area contributed by atoms with Crippen LogP contribution in [0.1, 0.15) is 43.4 Å². The van der Waals surface area contributed by atoms with Gasteiger partial charge in [0, 0.05) is 6.54 Å². The number of nitriles is 1. The van der Waals surface area contributed by atoms with Crippen LogP contribution in [0.5, 0.6) is 0 Å². The maximum atomic E-state index is 12.9. The highest BCUT2D eigenvalue weighted by molar-refractivity contribution is 5.36. The lowest BCUT2D eigenvalue weighted by Gasteiger charge is -2.32. The average molecular weight is 403 g/mol. The Morgan fingerprint density at radius 3 is 2.03 bits per heavy atom. The summed E-state index contributed by atoms with van der Waals surface area (Å²) < 4.78 is 38.6. The fraction of sp³-hybridized carbons (Fsp3) is 0.458. The maximum Gasteiger partial charge on any atom is 0.416 e. The summed E-state index contributed by atoms with van der Waals surface area (Å²) in [5.41, 5.74) is 0.481. The molecule has 2 rings (SSSR count). The second-order valence-corrected chi connectivity index (χ2v) is 7.96. The monoisotopic (exact) mass is 402 g/mol. The van der Waals surface area contributed by atoms with Gasteiger partial charge in [0.25, 0.3) is 0 Å². The SMILES string of the molecule is CC(C)C(C#N)(CCCN(C)CCc1ccccc1)c1ccc(C(F)(F)F)cc1. The molecule has 0 aliphatic heterocycles. The highest BCUT2D eigenvalue weighted by Crippen LogP contribution is 2.38. The molecular formula is C24H29F3N2. The lowest BCUT2D eigenvalue weighted by atomic mass is 9.69. The Morgan fingerprint density at radius 1 is 0.931 bits per heavy atom. The van der Waals surface area contributed by atoms with Crippen molar-refractivity contribution in [3.63, 3.8) is 0 Å². The van der Waals surface area contributed by atoms with Crippen molar-refractivity contribution in [2.45, 2.75) is 44.7 Å². The molecule has 0 saturated heterocycles. The molecule has 0 aliphatic carbocycles. The van der Waals surface area contributed by atoms with Gasteiger partial charge in [-0.3, -0.25) is 0 Å². The molecule has 1 atom stereocenters. The normalized spacial score (nSPS) is 14.0. The minimum atomic E-state index is -4.37. The number of hydrogen-bond acceptors (Lipinski definition) is 2. The smallest absolute Gasteiger partial charge is 0.306 e. The van der Waals surface area contributed by atoms with E-state index in [1.165, 1.54) is 17.7 Å². The number of hydrogen-bond donors (Lipinski definition) is 0. The summed E-state index contributed by atoms with van der Waals surface area (Å²) in [6.45, 7) is 5.68. The molecule has 156 valence electrons. The van der Waals surface area contributed by atoms with Gasteiger partial charge in [-0.1, -0.05) is 56.3 Å². The van der Waals surface area contributed by atoms with Crippen molar-refractivity contribution in [2.24, 2.45) is 5.92 Å². The third kappa shape index (κ3) is 6.08. The standard InChI is InChI=1S/C24H29F3N2/c1-19(2)23(18-28,21-10-12-22(13-11-21)24(25,26)27)15-7-16-29(3)17-14-20-8-5-4-6-9-20/h4-6,8-13,19H,7,14-17H2,1-3H3. The lowest BCUT2D eigenvalue weighted by Crippen LogP contribution is -2.32. The van der Waals surface area contributed by atoms with E-state index in [2.05, 4.69) is 30.1 Å². The number of alkyl halides is 3. The van der Waals surface area contributed by atoms with Crippen molar-refractivity contribution in [3.8, 4) is 6.07 Å². The van der Waals surface area contributed by atoms with Crippen molar-refractivity contribution in [1.29, 1.82) is 5.26 Å². The van der Waals surface area contributed by atoms with Crippen LogP contribution >= 0.6 is 0 Å². The van der Waals surface area contributed by atoms with Crippen LogP contribution in [0.25, 0.3) is 0 Å². The van der Waals surface area contributed by atoms with Crippen LogP contribution in [0.4, 0.5) is 13.2 Å². The van der Waals surface area contributed by atoms with E-state index < -0.39 is 17.2 Å². The molecule has 5 heteroatoms. The van der Waals surface area contributed by atoms with Crippen LogP contribution in [0, 0.1) is 17.2 Å². The van der Waals surface area contributed by atoms with E-state index in [0.717, 1.165) is 38.1 Å². The molecule has 0 aromatic heterocycles. The van der Waals surface area contributed by atoms with Gasteiger partial charge >= 0.3 is 6.18 Å². The molecule has 0 N–H and O–H groups in total. The van der Waals surface area contributed by atoms with Crippen molar-refractivity contribution < 1.29 is 13.2 Å². The van der Waals surface area contributed by atoms with E-state index in [1.54, 1.807) is 0 Å². The Bertz CT molecular complexity index is 792. The number of benzene rings is 2. The van der Waals surface area contributed by atoms with Crippen molar-refractivity contribution in [3.05, 3.63) is 71.3 Å². The molecular weight excluding hydrogens is 373 g/mol. The Hall–Kier alpha value is -2.32. The molecule has 29 heavy (non-hydrogen) atoms. The first-order chi connectivity index (χ1) is 13.7. The number of rotatable bonds is 9. The largest absolute Gasteiger partial charge is 0.416 e. The van der Waals surface area contributed by atoms with Gasteiger partial charge in [-0.05, 0) is 62.0 Å². The van der Waals surface area contributed by atoms with E-state index in [9.17, 15) is 18.4 Å². The molecule has 0 spiro atoms. The molecule has 0 saturated carbocycles. The molecule has 0 amide bonds. The van der Waals surface area contributed by atoms with Crippen molar-refractivity contribution in [1.82, 2.24) is 4.90 Å². The van der Waals surface area contributed by atoms with Crippen LogP contribution in [-0.2, 0) is 18.0 Å². The van der Waals surface area contributed by atoms with Crippen LogP contribution < -0.4 is 0 Å². The van der Waals surface area contributed by atoms with Gasteiger partial charge in [-0.2, -0.15) is 18.4 Å². The van der Waals surface area contributed by atoms with Gasteiger partial charge in [0.1, 0.15) is 0 Å². The lowest BCUT2D eigenvalue weighted by molar-refractivity contribution is -0.137. The Morgan fingerprint density at radius 2 is 1.52 bits per heavy atom. The molecule has 2 aromatic carbocycles. The van der Waals surface area contributed by atoms with E-state index in [4.69, 9.17) is 0 Å². The minimum absolute atomic E-state index is 0.00105. The van der Waals surface area contributed by atoms with Crippen LogP contribution in [0.15, 0.2) is 54.6 Å². The zero-order chi connectivity index (χ0) is 21.5. The average Bonchev–Trinajstić information content (AvgIpc) is 2.70. The molecule has 2 aromatic rings. The third-order valence-corrected chi connectivity index (χ3v) is 5.65. The van der Waals surface area contributed by atoms with Gasteiger partial charge < -0.3 is 4.90 Å². The number of halogens is 3. The molecule has 2 nitrogen and oxygen atoms in total. The topological polar surface area (TPSA) is 27.0 Å². The molecule has 0 fully saturated rings. The summed E-state index contributed by atoms with van der Waals surface area (Å²) in [7, 11) is 2.06. The van der Waals surface area contributed by atoms with Gasteiger partial charge in [-0.15, -0.1) is 0 Å². The predicted octanol–water partition coefficient (Wildman–Crippen LogP) is 6.08. The second-order valence-electron chi connectivity index (χ2n) is 7.96. The fourth-order valence-electron chi connectivity index (χ4n) is 3.68. The van der Waals surface area contributed by atoms with Gasteiger partial charge in [-0.25, -0.2) is 0 Å². The molecule has 0 heterocycles. The van der Waals surface area contributed by atoms with E-state index in [0.29, 0.717) is 12.0 Å². The fourth-order valence-corrected chi connectivity index (χ4v) is 3.68. The summed E-state index contributed by atoms with van der Waals surface area (Å²) in [6.07, 6.45) is -1.99. The van der Waals surface area contributed by atoms with Crippen molar-refractivity contribution >= 4 is 0 Å². The molecule has 1 unspecified atom stereocenters. The quantitative estimate of drug-likeness (QED) is 0.508. The van der Waals surface area contributed by atoms with E-state index in [1.807, 2.05) is 32.0 Å². The highest BCUT2D eigenvalue weighted by atomic mass is 19.4. The maximum absolute atomic E-state index is 12.9. The molecule has 0 aliphatic rings. The Balaban J connectivity index is 2.00. The van der Waals surface area contributed by atoms with Crippen LogP contribution in [0.3, 0.4) is 0 Å². The number of nitrogens with zero attached hydrogens (tertiary/aromatic N) is 2. The second kappa shape index (κ2) is 9.93. The first-order valence-electron chi connectivity index (χ1n) is 10.0. The van der Waals surface area contributed by atoms with Crippen molar-refractivity contribution in [2.75, 3.05) is 20.1 Å². The van der Waals surface area contributed by atoms with E-state index >= 15 is 0 Å². The van der Waals surface area contributed by atoms with Crippen LogP contribution in [0.2, 0.25) is 0 Å². The minimum Gasteiger partial charge on any atom is -0.306 e. The van der Waals surface area contributed by atoms with E-state index in [-0.39, 0.29) is 5.92 Å². The zero-order valence-corrected chi connectivity index (χ0v) is 17.3. The summed E-state index contributed by atoms with van der Waals surface area (Å²) in [5.74, 6) is -0.00105. The van der Waals surface area contributed by atoms with Crippen LogP contribution in [-0.4, -0.2) is 25.0 Å². The zero-order valence-electron chi connectivity index (χ0n) is 17.3. The highest BCUT2D eigenvalue weighted by Gasteiger charge is 2.37. The summed E-state index contributed by atoms with van der Waals surface area (Å²) in [4.78, 5) is 2.24. The Kier molecular flexibility index (Phi) is 7.87. The first kappa shape index (κ1) is 23.0. The molecule has 0 radical (unpaired) electrons. The molecule has 0 bridgehead atoms. The predicted molar refractivity (Wildman–Crippen MR) is 110 cm³/mol. The van der Waals surface area contributed by atoms with Gasteiger partial charge in [0.05, 0.1) is 17.0 Å². The van der Waals surface area contributed by atoms with Gasteiger partial charge in [0.15, 0.2) is 0 Å². The first-order valence-corrected chi connectivity index (χ1v) is 10.0.